The lowest BCUT2D eigenvalue weighted by Crippen LogP contribution is -2.63. The standard InChI is InChI=1S/C14H16O2/c1-3-4-2-6-12(15-6)7(4)5(1)9-8(3)10-11(9)14-13(10)16-14/h3-14H,1-2H2. The van der Waals surface area contributed by atoms with Gasteiger partial charge in [0.15, 0.2) is 0 Å². The van der Waals surface area contributed by atoms with Crippen LogP contribution in [-0.2, 0) is 9.47 Å². The normalized spacial score (nSPS) is 87.0. The van der Waals surface area contributed by atoms with E-state index in [0.29, 0.717) is 6.10 Å². The smallest absolute Gasteiger partial charge is 0.0879 e. The van der Waals surface area contributed by atoms with Crippen LogP contribution in [0.4, 0.5) is 0 Å². The lowest BCUT2D eigenvalue weighted by Gasteiger charge is -2.60. The second kappa shape index (κ2) is 1.81. The molecule has 7 rings (SSSR count). The van der Waals surface area contributed by atoms with E-state index in [2.05, 4.69) is 0 Å². The molecule has 2 nitrogen and oxygen atoms in total. The summed E-state index contributed by atoms with van der Waals surface area (Å²) in [4.78, 5) is 0. The molecule has 5 saturated carbocycles. The molecule has 0 aromatic rings. The van der Waals surface area contributed by atoms with Crippen LogP contribution >= 0.6 is 0 Å². The monoisotopic (exact) mass is 216 g/mol. The first kappa shape index (κ1) is 7.38. The maximum Gasteiger partial charge on any atom is 0.0879 e. The molecule has 16 heavy (non-hydrogen) atoms. The Morgan fingerprint density at radius 3 is 2.19 bits per heavy atom. The highest BCUT2D eigenvalue weighted by atomic mass is 16.6. The third-order valence-corrected chi connectivity index (χ3v) is 7.68. The molecule has 2 bridgehead atoms. The molecule has 0 aromatic carbocycles. The van der Waals surface area contributed by atoms with Gasteiger partial charge in [-0.3, -0.25) is 0 Å². The zero-order valence-electron chi connectivity index (χ0n) is 9.16. The molecule has 7 fully saturated rings. The predicted octanol–water partition coefficient (Wildman–Crippen LogP) is 1.30. The molecule has 84 valence electrons. The minimum Gasteiger partial charge on any atom is -0.369 e. The molecule has 2 heteroatoms. The van der Waals surface area contributed by atoms with E-state index in [0.717, 1.165) is 65.7 Å². The Hall–Kier alpha value is -0.0800. The number of hydrogen-bond acceptors (Lipinski definition) is 2. The van der Waals surface area contributed by atoms with Crippen molar-refractivity contribution in [2.75, 3.05) is 0 Å². The van der Waals surface area contributed by atoms with Gasteiger partial charge in [-0.05, 0) is 60.2 Å². The Morgan fingerprint density at radius 2 is 1.31 bits per heavy atom. The van der Waals surface area contributed by atoms with Crippen molar-refractivity contribution in [3.63, 3.8) is 0 Å². The zero-order chi connectivity index (χ0) is 9.76. The van der Waals surface area contributed by atoms with E-state index in [1.54, 1.807) is 6.42 Å². The number of hydrogen-bond donors (Lipinski definition) is 0. The van der Waals surface area contributed by atoms with Crippen molar-refractivity contribution in [2.24, 2.45) is 47.3 Å². The molecule has 2 heterocycles. The van der Waals surface area contributed by atoms with E-state index in [1.807, 2.05) is 0 Å². The van der Waals surface area contributed by atoms with Gasteiger partial charge in [-0.15, -0.1) is 0 Å². The van der Waals surface area contributed by atoms with Gasteiger partial charge in [0, 0.05) is 0 Å². The van der Waals surface area contributed by atoms with Gasteiger partial charge < -0.3 is 9.47 Å². The molecule has 12 unspecified atom stereocenters. The maximum absolute atomic E-state index is 5.81. The summed E-state index contributed by atoms with van der Waals surface area (Å²) >= 11 is 0. The molecular weight excluding hydrogens is 200 g/mol. The van der Waals surface area contributed by atoms with Crippen LogP contribution in [0.5, 0.6) is 0 Å². The van der Waals surface area contributed by atoms with Crippen LogP contribution in [0.15, 0.2) is 0 Å². The van der Waals surface area contributed by atoms with E-state index in [4.69, 9.17) is 9.47 Å². The van der Waals surface area contributed by atoms with E-state index in [1.165, 1.54) is 6.42 Å². The topological polar surface area (TPSA) is 25.1 Å². The average molecular weight is 216 g/mol. The number of ether oxygens (including phenoxy) is 2. The lowest BCUT2D eigenvalue weighted by atomic mass is 9.42. The first-order valence-electron chi connectivity index (χ1n) is 7.24. The van der Waals surface area contributed by atoms with Crippen LogP contribution in [0.25, 0.3) is 0 Å². The molecule has 12 atom stereocenters. The summed E-state index contributed by atoms with van der Waals surface area (Å²) in [6, 6.07) is 0. The van der Waals surface area contributed by atoms with E-state index in [9.17, 15) is 0 Å². The summed E-state index contributed by atoms with van der Waals surface area (Å²) in [5.74, 6) is 8.48. The molecular formula is C14H16O2. The number of epoxide rings is 2. The fourth-order valence-electron chi connectivity index (χ4n) is 7.39. The Bertz CT molecular complexity index is 432. The van der Waals surface area contributed by atoms with Gasteiger partial charge in [0.05, 0.1) is 24.4 Å². The summed E-state index contributed by atoms with van der Waals surface area (Å²) in [6.45, 7) is 0. The number of fused-ring (bicyclic) bond motifs is 16. The maximum atomic E-state index is 5.81. The van der Waals surface area contributed by atoms with Crippen LogP contribution in [0.3, 0.4) is 0 Å². The van der Waals surface area contributed by atoms with Crippen LogP contribution in [0.2, 0.25) is 0 Å². The quantitative estimate of drug-likeness (QED) is 0.450. The summed E-state index contributed by atoms with van der Waals surface area (Å²) in [7, 11) is 0. The second-order valence-electron chi connectivity index (χ2n) is 7.55. The first-order valence-corrected chi connectivity index (χ1v) is 7.24. The van der Waals surface area contributed by atoms with Crippen LogP contribution in [-0.4, -0.2) is 24.4 Å². The highest BCUT2D eigenvalue weighted by molar-refractivity contribution is 5.30. The second-order valence-corrected chi connectivity index (χ2v) is 7.55. The van der Waals surface area contributed by atoms with Gasteiger partial charge in [0.2, 0.25) is 0 Å². The van der Waals surface area contributed by atoms with Crippen LogP contribution in [0.1, 0.15) is 12.8 Å². The Balaban J connectivity index is 1.37. The van der Waals surface area contributed by atoms with Crippen LogP contribution in [0, 0.1) is 47.3 Å². The zero-order valence-corrected chi connectivity index (χ0v) is 9.16. The summed E-state index contributed by atoms with van der Waals surface area (Å²) in [5.41, 5.74) is 0. The Kier molecular flexibility index (Phi) is 0.836. The van der Waals surface area contributed by atoms with E-state index in [-0.39, 0.29) is 0 Å². The third kappa shape index (κ3) is 0.504. The average Bonchev–Trinajstić information content (AvgIpc) is 3.00. The summed E-state index contributed by atoms with van der Waals surface area (Å²) < 4.78 is 11.6. The SMILES string of the molecule is C1C2OC2C2C1C1CC2C2C1C1C3OC3C21. The van der Waals surface area contributed by atoms with Crippen molar-refractivity contribution < 1.29 is 9.47 Å². The van der Waals surface area contributed by atoms with Crippen molar-refractivity contribution in [3.8, 4) is 0 Å². The predicted molar refractivity (Wildman–Crippen MR) is 54.5 cm³/mol. The lowest BCUT2D eigenvalue weighted by molar-refractivity contribution is -0.134. The van der Waals surface area contributed by atoms with E-state index >= 15 is 0 Å². The summed E-state index contributed by atoms with van der Waals surface area (Å²) in [6.07, 6.45) is 5.91. The van der Waals surface area contributed by atoms with Crippen molar-refractivity contribution >= 4 is 0 Å². The molecule has 7 aliphatic rings. The minimum absolute atomic E-state index is 0.709. The molecule has 2 aliphatic heterocycles. The first-order chi connectivity index (χ1) is 7.93. The van der Waals surface area contributed by atoms with Crippen molar-refractivity contribution in [2.45, 2.75) is 37.3 Å². The fourth-order valence-corrected chi connectivity index (χ4v) is 7.39. The Labute approximate surface area is 94.7 Å². The highest BCUT2D eigenvalue weighted by Gasteiger charge is 2.83. The molecule has 0 N–H and O–H groups in total. The molecule has 0 radical (unpaired) electrons. The third-order valence-electron chi connectivity index (χ3n) is 7.68. The minimum atomic E-state index is 0.709. The molecule has 0 spiro atoms. The van der Waals surface area contributed by atoms with Gasteiger partial charge >= 0.3 is 0 Å². The van der Waals surface area contributed by atoms with Gasteiger partial charge in [-0.25, -0.2) is 0 Å². The van der Waals surface area contributed by atoms with Gasteiger partial charge in [-0.1, -0.05) is 0 Å². The Morgan fingerprint density at radius 1 is 0.562 bits per heavy atom. The molecule has 2 saturated heterocycles. The molecule has 0 amide bonds. The molecule has 0 aromatic heterocycles. The van der Waals surface area contributed by atoms with Gasteiger partial charge in [0.25, 0.3) is 0 Å². The summed E-state index contributed by atoms with van der Waals surface area (Å²) in [5, 5.41) is 0. The highest BCUT2D eigenvalue weighted by Crippen LogP contribution is 2.81. The van der Waals surface area contributed by atoms with Gasteiger partial charge in [0.1, 0.15) is 0 Å². The van der Waals surface area contributed by atoms with Crippen LogP contribution < -0.4 is 0 Å². The van der Waals surface area contributed by atoms with E-state index < -0.39 is 0 Å². The molecule has 5 aliphatic carbocycles. The fraction of sp³-hybridized carbons (Fsp3) is 1.00. The largest absolute Gasteiger partial charge is 0.369 e. The van der Waals surface area contributed by atoms with Gasteiger partial charge in [-0.2, -0.15) is 0 Å². The number of rotatable bonds is 0. The van der Waals surface area contributed by atoms with Crippen molar-refractivity contribution in [1.29, 1.82) is 0 Å². The van der Waals surface area contributed by atoms with Crippen molar-refractivity contribution in [1.82, 2.24) is 0 Å². The van der Waals surface area contributed by atoms with Crippen molar-refractivity contribution in [3.05, 3.63) is 0 Å².